The Bertz CT molecular complexity index is 2630. The minimum Gasteiger partial charge on any atom is -0.450 e. The third-order valence-electron chi connectivity index (χ3n) is 13.1. The van der Waals surface area contributed by atoms with Gasteiger partial charge in [0.15, 0.2) is 0 Å². The quantitative estimate of drug-likeness (QED) is 0.0310. The maximum Gasteiger partial charge on any atom is 0.453 e. The summed E-state index contributed by atoms with van der Waals surface area (Å²) in [5.41, 5.74) is 2.35. The van der Waals surface area contributed by atoms with Crippen LogP contribution >= 0.6 is 0 Å². The Balaban J connectivity index is 0.00000323. The first-order valence-electron chi connectivity index (χ1n) is 29.3. The topological polar surface area (TPSA) is 280 Å². The summed E-state index contributed by atoms with van der Waals surface area (Å²) in [7, 11) is -3.92. The Labute approximate surface area is 501 Å². The second-order valence-electron chi connectivity index (χ2n) is 21.2. The molecule has 24 heteroatoms. The van der Waals surface area contributed by atoms with Gasteiger partial charge in [-0.1, -0.05) is 160 Å². The van der Waals surface area contributed by atoms with Crippen LogP contribution in [-0.2, 0) is 47.4 Å². The predicted molar refractivity (Wildman–Crippen MR) is 328 cm³/mol. The zero-order valence-electron chi connectivity index (χ0n) is 50.4. The van der Waals surface area contributed by atoms with Crippen LogP contribution in [-0.4, -0.2) is 123 Å². The van der Waals surface area contributed by atoms with Crippen LogP contribution in [0, 0.1) is 17.8 Å². The van der Waals surface area contributed by atoms with Gasteiger partial charge in [0.05, 0.1) is 36.4 Å². The largest absolute Gasteiger partial charge is 0.453 e. The molecule has 448 valence electrons. The number of amides is 6. The number of hydrogen-bond donors (Lipinski definition) is 6. The van der Waals surface area contributed by atoms with Gasteiger partial charge in [-0.2, -0.15) is 0 Å². The Hall–Kier alpha value is -8.21. The summed E-state index contributed by atoms with van der Waals surface area (Å²) in [6.07, 6.45) is 13.6. The van der Waals surface area contributed by atoms with E-state index in [0.29, 0.717) is 0 Å². The summed E-state index contributed by atoms with van der Waals surface area (Å²) >= 11 is 0. The van der Waals surface area contributed by atoms with Crippen molar-refractivity contribution in [2.45, 2.75) is 144 Å². The molecule has 0 aliphatic carbocycles. The van der Waals surface area contributed by atoms with Gasteiger partial charge in [-0.15, -0.1) is 0 Å². The molecule has 1 aliphatic heterocycles. The van der Waals surface area contributed by atoms with Crippen molar-refractivity contribution in [3.05, 3.63) is 181 Å². The first-order valence-corrected chi connectivity index (χ1v) is 29.3. The number of nitrogens with zero attached hydrogens (tertiary/aromatic N) is 6. The normalized spacial score (nSPS) is 14.2. The Morgan fingerprint density at radius 2 is 0.624 bits per heavy atom. The molecule has 6 amide bonds. The number of aromatic nitrogens is 6. The standard InChI is InChI=1S/C57H69B3N12O9.2C2H6/c1-37(2)28-49(70-52(73)43(31-40-16-10-7-11-17-40)67-55(76)46-34-61-22-25-64-46)58-79-59(50(29-38(3)4)71-53(74)44(32-41-18-12-8-13-19-41)68-56(77)47-35-62-23-26-65-47)81-60(80-58)51(30-39(5)6)72-54(75)45(33-42-20-14-9-15-21-42)69-57(78)48-36-63-24-27-66-48;2*1-2/h7-27,34-39,43-45,49-51H,28-33H2,1-6H3,(H,67,76)(H,68,77)(H,69,78)(H,70,73)(H,71,74)(H,72,75);2*1-2H3/t43-,44?,45?,49-,50-,51-;;/m0../s1. The molecule has 21 nitrogen and oxygen atoms in total. The van der Waals surface area contributed by atoms with Crippen LogP contribution in [0.25, 0.3) is 0 Å². The molecule has 1 fully saturated rings. The zero-order valence-corrected chi connectivity index (χ0v) is 50.4. The Kier molecular flexibility index (Phi) is 28.5. The van der Waals surface area contributed by atoms with Crippen molar-refractivity contribution in [3.63, 3.8) is 0 Å². The lowest BCUT2D eigenvalue weighted by molar-refractivity contribution is -0.124. The van der Waals surface area contributed by atoms with Gasteiger partial charge in [-0.25, -0.2) is 15.0 Å². The molecular weight excluding hydrogens is 1080 g/mol. The summed E-state index contributed by atoms with van der Waals surface area (Å²) in [5.74, 6) is -6.54. The van der Waals surface area contributed by atoms with Crippen LogP contribution in [0.5, 0.6) is 0 Å². The molecule has 0 bridgehead atoms. The van der Waals surface area contributed by atoms with E-state index >= 15 is 0 Å². The van der Waals surface area contributed by atoms with Gasteiger partial charge in [-0.05, 0) is 53.7 Å². The number of benzene rings is 3. The molecule has 4 heterocycles. The maximum atomic E-state index is 14.9. The van der Waals surface area contributed by atoms with Crippen molar-refractivity contribution >= 4 is 56.8 Å². The average molecular weight is 1160 g/mol. The van der Waals surface area contributed by atoms with E-state index in [1.807, 2.05) is 160 Å². The number of hydrogen-bond acceptors (Lipinski definition) is 15. The molecule has 1 saturated heterocycles. The highest BCUT2D eigenvalue weighted by molar-refractivity contribution is 6.75. The van der Waals surface area contributed by atoms with E-state index in [4.69, 9.17) is 13.7 Å². The van der Waals surface area contributed by atoms with E-state index in [9.17, 15) is 28.8 Å². The fourth-order valence-corrected chi connectivity index (χ4v) is 9.27. The summed E-state index contributed by atoms with van der Waals surface area (Å²) in [6, 6.07) is 24.3. The number of carbonyl (C=O) groups is 6. The second kappa shape index (κ2) is 35.8. The van der Waals surface area contributed by atoms with Crippen LogP contribution in [0.1, 0.15) is 137 Å². The molecule has 0 saturated carbocycles. The van der Waals surface area contributed by atoms with Gasteiger partial charge in [0.1, 0.15) is 35.2 Å². The Morgan fingerprint density at radius 1 is 0.376 bits per heavy atom. The monoisotopic (exact) mass is 1160 g/mol. The third kappa shape index (κ3) is 22.4. The summed E-state index contributed by atoms with van der Waals surface area (Å²) < 4.78 is 20.6. The van der Waals surface area contributed by atoms with Crippen LogP contribution in [0.2, 0.25) is 0 Å². The first-order chi connectivity index (χ1) is 41.1. The predicted octanol–water partition coefficient (Wildman–Crippen LogP) is 6.27. The molecular formula is C61H81B3N12O9. The summed E-state index contributed by atoms with van der Waals surface area (Å²) in [4.78, 5) is 110. The van der Waals surface area contributed by atoms with Gasteiger partial charge in [0.2, 0.25) is 17.7 Å². The molecule has 6 aromatic rings. The molecule has 0 spiro atoms. The van der Waals surface area contributed by atoms with E-state index in [2.05, 4.69) is 61.8 Å². The van der Waals surface area contributed by atoms with Crippen LogP contribution in [0.4, 0.5) is 0 Å². The van der Waals surface area contributed by atoms with E-state index in [1.54, 1.807) is 0 Å². The lowest BCUT2D eigenvalue weighted by atomic mass is 9.58. The number of carbonyl (C=O) groups excluding carboxylic acids is 6. The molecule has 7 rings (SSSR count). The minimum absolute atomic E-state index is 0.0129. The lowest BCUT2D eigenvalue weighted by Gasteiger charge is -2.41. The van der Waals surface area contributed by atoms with E-state index in [0.717, 1.165) is 16.7 Å². The van der Waals surface area contributed by atoms with Crippen LogP contribution in [0.15, 0.2) is 147 Å². The van der Waals surface area contributed by atoms with Gasteiger partial charge in [0.25, 0.3) is 17.7 Å². The Morgan fingerprint density at radius 3 is 0.835 bits per heavy atom. The highest BCUT2D eigenvalue weighted by Crippen LogP contribution is 2.25. The maximum absolute atomic E-state index is 14.9. The molecule has 6 atom stereocenters. The van der Waals surface area contributed by atoms with Gasteiger partial charge < -0.3 is 45.6 Å². The molecule has 85 heavy (non-hydrogen) atoms. The van der Waals surface area contributed by atoms with Crippen molar-refractivity contribution in [3.8, 4) is 0 Å². The van der Waals surface area contributed by atoms with Crippen molar-refractivity contribution in [1.29, 1.82) is 0 Å². The number of nitrogens with one attached hydrogen (secondary N) is 6. The molecule has 3 aromatic heterocycles. The fourth-order valence-electron chi connectivity index (χ4n) is 9.27. The molecule has 0 radical (unpaired) electrons. The smallest absolute Gasteiger partial charge is 0.450 e. The fraction of sp³-hybridized carbons (Fsp3) is 0.410. The van der Waals surface area contributed by atoms with E-state index in [1.165, 1.54) is 55.8 Å². The highest BCUT2D eigenvalue weighted by Gasteiger charge is 2.52. The third-order valence-corrected chi connectivity index (χ3v) is 13.1. The van der Waals surface area contributed by atoms with Gasteiger partial charge in [-0.3, -0.25) is 43.7 Å². The SMILES string of the molecule is CC.CC.CC(C)C[C@H](NC(=O)C(Cc1ccccc1)NC(=O)c1cnccn1)B1OB([C@H](CC(C)C)NC(=O)C(Cc2ccccc2)NC(=O)c2cnccn2)OB([C@H](CC(C)C)NC(=O)[C@H](Cc2ccccc2)NC(=O)c2cnccn2)O1. The van der Waals surface area contributed by atoms with Crippen molar-refractivity contribution in [1.82, 2.24) is 61.8 Å². The molecule has 3 aromatic carbocycles. The van der Waals surface area contributed by atoms with Crippen LogP contribution in [0.3, 0.4) is 0 Å². The van der Waals surface area contributed by atoms with Gasteiger partial charge >= 0.3 is 21.4 Å². The zero-order chi connectivity index (χ0) is 61.7. The van der Waals surface area contributed by atoms with Crippen molar-refractivity contribution in [2.75, 3.05) is 0 Å². The highest BCUT2D eigenvalue weighted by atomic mass is 16.7. The summed E-state index contributed by atoms with van der Waals surface area (Å²) in [6.45, 7) is 19.8. The minimum atomic E-state index is -1.31. The molecule has 6 N–H and O–H groups in total. The van der Waals surface area contributed by atoms with Crippen LogP contribution < -0.4 is 31.9 Å². The van der Waals surface area contributed by atoms with Gasteiger partial charge in [0, 0.05) is 56.4 Å². The van der Waals surface area contributed by atoms with E-state index in [-0.39, 0.29) is 73.4 Å². The first kappa shape index (κ1) is 67.6. The lowest BCUT2D eigenvalue weighted by Crippen LogP contribution is -2.69. The molecule has 2 unspecified atom stereocenters. The average Bonchev–Trinajstić information content (AvgIpc) is 3.71. The van der Waals surface area contributed by atoms with Crippen molar-refractivity contribution in [2.24, 2.45) is 17.8 Å². The van der Waals surface area contributed by atoms with E-state index < -0.39 is 92.7 Å². The number of rotatable bonds is 27. The second-order valence-corrected chi connectivity index (χ2v) is 21.2. The molecule has 1 aliphatic rings. The summed E-state index contributed by atoms with van der Waals surface area (Å²) in [5, 5.41) is 18.0. The van der Waals surface area contributed by atoms with Crippen molar-refractivity contribution < 1.29 is 42.5 Å².